The number of ether oxygens (including phenoxy) is 6. The maximum absolute atomic E-state index is 12.7. The highest BCUT2D eigenvalue weighted by Gasteiger charge is 2.47. The van der Waals surface area contributed by atoms with E-state index in [-0.39, 0.29) is 19.6 Å². The number of aliphatic hydroxyl groups excluding tert-OH is 7. The number of allylic oxidation sites excluding steroid dienone is 6. The fourth-order valence-electron chi connectivity index (χ4n) is 7.05. The Labute approximate surface area is 359 Å². The highest BCUT2D eigenvalue weighted by molar-refractivity contribution is 5.69. The Hall–Kier alpha value is -1.79. The van der Waals surface area contributed by atoms with Crippen LogP contribution in [-0.2, 0) is 33.2 Å². The van der Waals surface area contributed by atoms with Gasteiger partial charge in [0.05, 0.1) is 26.4 Å². The van der Waals surface area contributed by atoms with Gasteiger partial charge in [-0.15, -0.1) is 0 Å². The standard InChI is InChI=1S/C46H82O14/c1-3-5-7-9-10-11-12-13-14-15-16-17-18-19-20-21-22-23-24-25-26-28-30-55-32-35(58-38(48)29-27-8-6-4-2)33-56-45-44(54)42(52)40(50)37(60-45)34-57-46-43(53)41(51)39(49)36(31-47)59-46/h12-13,15-16,18-19,35-37,39-47,49-54H,3-11,14,17,20-34H2,1-2H3/b13-12-,16-15-,19-18-. The van der Waals surface area contributed by atoms with Crippen molar-refractivity contribution in [3.63, 3.8) is 0 Å². The summed E-state index contributed by atoms with van der Waals surface area (Å²) in [7, 11) is 0. The van der Waals surface area contributed by atoms with E-state index >= 15 is 0 Å². The molecule has 2 aliphatic rings. The van der Waals surface area contributed by atoms with Crippen LogP contribution in [0.5, 0.6) is 0 Å². The van der Waals surface area contributed by atoms with Gasteiger partial charge in [0.1, 0.15) is 54.9 Å². The molecule has 350 valence electrons. The maximum Gasteiger partial charge on any atom is 0.306 e. The Morgan fingerprint density at radius 1 is 0.550 bits per heavy atom. The van der Waals surface area contributed by atoms with Crippen LogP contribution in [0.25, 0.3) is 0 Å². The lowest BCUT2D eigenvalue weighted by Gasteiger charge is -2.42. The highest BCUT2D eigenvalue weighted by atomic mass is 16.7. The number of rotatable bonds is 35. The van der Waals surface area contributed by atoms with Gasteiger partial charge in [0.25, 0.3) is 0 Å². The minimum absolute atomic E-state index is 0.0535. The molecule has 0 amide bonds. The van der Waals surface area contributed by atoms with Gasteiger partial charge in [0, 0.05) is 13.0 Å². The Bertz CT molecular complexity index is 1130. The van der Waals surface area contributed by atoms with Gasteiger partial charge >= 0.3 is 5.97 Å². The van der Waals surface area contributed by atoms with Crippen LogP contribution in [0.1, 0.15) is 149 Å². The van der Waals surface area contributed by atoms with Crippen LogP contribution in [0.15, 0.2) is 36.5 Å². The molecule has 2 heterocycles. The van der Waals surface area contributed by atoms with Gasteiger partial charge in [-0.1, -0.05) is 127 Å². The third-order valence-corrected chi connectivity index (χ3v) is 10.9. The summed E-state index contributed by atoms with van der Waals surface area (Å²) in [6.45, 7) is 3.50. The molecule has 14 heteroatoms. The lowest BCUT2D eigenvalue weighted by Crippen LogP contribution is -2.61. The van der Waals surface area contributed by atoms with E-state index in [2.05, 4.69) is 50.3 Å². The highest BCUT2D eigenvalue weighted by Crippen LogP contribution is 2.26. The van der Waals surface area contributed by atoms with Crippen LogP contribution < -0.4 is 0 Å². The first kappa shape index (κ1) is 54.3. The van der Waals surface area contributed by atoms with Crippen molar-refractivity contribution in [1.29, 1.82) is 0 Å². The average Bonchev–Trinajstić information content (AvgIpc) is 3.24. The second-order valence-corrected chi connectivity index (χ2v) is 16.2. The monoisotopic (exact) mass is 859 g/mol. The fraction of sp³-hybridized carbons (Fsp3) is 0.848. The molecule has 60 heavy (non-hydrogen) atoms. The van der Waals surface area contributed by atoms with Crippen LogP contribution in [-0.4, -0.2) is 142 Å². The minimum atomic E-state index is -1.70. The van der Waals surface area contributed by atoms with Gasteiger partial charge in [-0.25, -0.2) is 0 Å². The molecule has 2 rings (SSSR count). The van der Waals surface area contributed by atoms with E-state index in [1.165, 1.54) is 64.2 Å². The maximum atomic E-state index is 12.7. The Morgan fingerprint density at radius 3 is 1.62 bits per heavy atom. The predicted molar refractivity (Wildman–Crippen MR) is 229 cm³/mol. The molecule has 0 spiro atoms. The lowest BCUT2D eigenvalue weighted by atomic mass is 9.98. The molecule has 0 radical (unpaired) electrons. The van der Waals surface area contributed by atoms with E-state index < -0.39 is 86.7 Å². The number of hydrogen-bond acceptors (Lipinski definition) is 14. The molecule has 0 aromatic rings. The molecule has 0 bridgehead atoms. The molecular formula is C46H82O14. The first-order valence-electron chi connectivity index (χ1n) is 23.1. The van der Waals surface area contributed by atoms with Crippen molar-refractivity contribution in [2.45, 2.75) is 216 Å². The molecule has 14 nitrogen and oxygen atoms in total. The summed E-state index contributed by atoms with van der Waals surface area (Å²) in [5, 5.41) is 71.6. The fourth-order valence-corrected chi connectivity index (χ4v) is 7.05. The van der Waals surface area contributed by atoms with E-state index in [0.717, 1.165) is 57.8 Å². The summed E-state index contributed by atoms with van der Waals surface area (Å²) in [5.41, 5.74) is 0. The van der Waals surface area contributed by atoms with Crippen LogP contribution in [0, 0.1) is 0 Å². The smallest absolute Gasteiger partial charge is 0.306 e. The van der Waals surface area contributed by atoms with Gasteiger partial charge in [0.2, 0.25) is 0 Å². The van der Waals surface area contributed by atoms with Crippen molar-refractivity contribution < 1.29 is 69.0 Å². The quantitative estimate of drug-likeness (QED) is 0.0240. The number of carbonyl (C=O) groups excluding carboxylic acids is 1. The van der Waals surface area contributed by atoms with E-state index in [9.17, 15) is 40.5 Å². The Balaban J connectivity index is 1.67. The molecular weight excluding hydrogens is 776 g/mol. The van der Waals surface area contributed by atoms with Crippen molar-refractivity contribution in [2.24, 2.45) is 0 Å². The van der Waals surface area contributed by atoms with Crippen molar-refractivity contribution in [3.8, 4) is 0 Å². The number of hydrogen-bond donors (Lipinski definition) is 7. The summed E-state index contributed by atoms with van der Waals surface area (Å²) < 4.78 is 33.9. The second kappa shape index (κ2) is 34.7. The van der Waals surface area contributed by atoms with Gasteiger partial charge in [-0.2, -0.15) is 0 Å². The minimum Gasteiger partial charge on any atom is -0.457 e. The molecule has 0 aliphatic carbocycles. The lowest BCUT2D eigenvalue weighted by molar-refractivity contribution is -0.332. The SMILES string of the molecule is CCCCCCC/C=C\C/C=C\C/C=C\CCCCCCCCCOCC(COC1OC(COC2OC(CO)C(O)C(O)C2O)C(O)C(O)C1O)OC(=O)CCCCCC. The largest absolute Gasteiger partial charge is 0.457 e. The normalized spacial score (nSPS) is 28.0. The third-order valence-electron chi connectivity index (χ3n) is 10.9. The number of unbranched alkanes of at least 4 members (excludes halogenated alkanes) is 15. The van der Waals surface area contributed by atoms with Crippen LogP contribution in [0.4, 0.5) is 0 Å². The summed E-state index contributed by atoms with van der Waals surface area (Å²) in [6.07, 6.45) is 20.1. The Kier molecular flexibility index (Phi) is 31.4. The van der Waals surface area contributed by atoms with Gasteiger partial charge < -0.3 is 64.2 Å². The van der Waals surface area contributed by atoms with Crippen molar-refractivity contribution in [3.05, 3.63) is 36.5 Å². The third kappa shape index (κ3) is 23.1. The zero-order valence-corrected chi connectivity index (χ0v) is 36.7. The summed E-state index contributed by atoms with van der Waals surface area (Å²) in [4.78, 5) is 12.7. The zero-order chi connectivity index (χ0) is 43.8. The number of carbonyl (C=O) groups is 1. The van der Waals surface area contributed by atoms with Gasteiger partial charge in [-0.3, -0.25) is 4.79 Å². The summed E-state index contributed by atoms with van der Waals surface area (Å²) >= 11 is 0. The summed E-state index contributed by atoms with van der Waals surface area (Å²) in [6, 6.07) is 0. The molecule has 0 saturated carbocycles. The van der Waals surface area contributed by atoms with Crippen molar-refractivity contribution >= 4 is 5.97 Å². The first-order chi connectivity index (χ1) is 29.1. The van der Waals surface area contributed by atoms with Crippen LogP contribution in [0.3, 0.4) is 0 Å². The zero-order valence-electron chi connectivity index (χ0n) is 36.7. The van der Waals surface area contributed by atoms with Crippen LogP contribution >= 0.6 is 0 Å². The van der Waals surface area contributed by atoms with Gasteiger partial charge in [0.15, 0.2) is 12.6 Å². The van der Waals surface area contributed by atoms with Gasteiger partial charge in [-0.05, 0) is 51.4 Å². The predicted octanol–water partition coefficient (Wildman–Crippen LogP) is 5.46. The van der Waals surface area contributed by atoms with Crippen LogP contribution in [0.2, 0.25) is 0 Å². The average molecular weight is 859 g/mol. The summed E-state index contributed by atoms with van der Waals surface area (Å²) in [5.74, 6) is -0.399. The number of esters is 1. The van der Waals surface area contributed by atoms with Crippen molar-refractivity contribution in [2.75, 3.05) is 33.0 Å². The second-order valence-electron chi connectivity index (χ2n) is 16.2. The molecule has 11 unspecified atom stereocenters. The topological polar surface area (TPSA) is 214 Å². The van der Waals surface area contributed by atoms with E-state index in [1.807, 2.05) is 0 Å². The molecule has 2 aliphatic heterocycles. The molecule has 11 atom stereocenters. The molecule has 7 N–H and O–H groups in total. The molecule has 0 aromatic heterocycles. The van der Waals surface area contributed by atoms with Crippen molar-refractivity contribution in [1.82, 2.24) is 0 Å². The number of aliphatic hydroxyl groups is 7. The molecule has 0 aromatic carbocycles. The van der Waals surface area contributed by atoms with E-state index in [0.29, 0.717) is 13.0 Å². The molecule has 2 saturated heterocycles. The Morgan fingerprint density at radius 2 is 1.03 bits per heavy atom. The first-order valence-corrected chi connectivity index (χ1v) is 23.1. The van der Waals surface area contributed by atoms with E-state index in [4.69, 9.17) is 28.4 Å². The molecule has 2 fully saturated rings. The van der Waals surface area contributed by atoms with E-state index in [1.54, 1.807) is 0 Å².